The molecule has 0 bridgehead atoms. The van der Waals surface area contributed by atoms with Gasteiger partial charge in [0.25, 0.3) is 0 Å². The molecule has 0 aromatic rings. The molecule has 0 amide bonds. The van der Waals surface area contributed by atoms with Crippen LogP contribution < -0.4 is 5.73 Å². The van der Waals surface area contributed by atoms with Gasteiger partial charge in [0.2, 0.25) is 0 Å². The fraction of sp³-hybridized carbons (Fsp3) is 0.545. The van der Waals surface area contributed by atoms with Crippen molar-refractivity contribution in [2.24, 2.45) is 5.73 Å². The van der Waals surface area contributed by atoms with Crippen molar-refractivity contribution in [3.05, 3.63) is 0 Å². The molecule has 0 aliphatic carbocycles. The predicted octanol–water partition coefficient (Wildman–Crippen LogP) is 0.368. The molecular weight excluding hydrogens is 286 g/mol. The zero-order chi connectivity index (χ0) is 15.4. The zero-order valence-corrected chi connectivity index (χ0v) is 12.0. The van der Waals surface area contributed by atoms with Crippen LogP contribution in [0.2, 0.25) is 0 Å². The Morgan fingerprint density at radius 3 is 1.21 bits per heavy atom. The van der Waals surface area contributed by atoms with Crippen LogP contribution in [-0.4, -0.2) is 31.1 Å². The van der Waals surface area contributed by atoms with Crippen molar-refractivity contribution < 1.29 is 11.8 Å². The average molecular weight is 302 g/mol. The van der Waals surface area contributed by atoms with Gasteiger partial charge < -0.3 is 10.6 Å². The van der Waals surface area contributed by atoms with E-state index in [1.54, 1.807) is 0 Å². The summed E-state index contributed by atoms with van der Waals surface area (Å²) in [5.74, 6) is 0. The Morgan fingerprint density at radius 2 is 1.16 bits per heavy atom. The summed E-state index contributed by atoms with van der Waals surface area (Å²) in [5, 5.41) is 41.8. The molecule has 0 aromatic carbocycles. The third-order valence-corrected chi connectivity index (χ3v) is 4.60. The van der Waals surface area contributed by atoms with Gasteiger partial charge in [-0.2, -0.15) is 0 Å². The van der Waals surface area contributed by atoms with Crippen molar-refractivity contribution in [3.8, 4) is 24.8 Å². The third kappa shape index (κ3) is 4.95. The Kier molecular flexibility index (Phi) is 9.01. The second-order valence-corrected chi connectivity index (χ2v) is 7.09. The fourth-order valence-corrected chi connectivity index (χ4v) is 1.45. The second-order valence-electron chi connectivity index (χ2n) is 3.09. The molecular formula is C11H16FeN7. The summed E-state index contributed by atoms with van der Waals surface area (Å²) in [5.41, 5.74) is 5.34. The normalized spacial score (nSPS) is 11.0. The van der Waals surface area contributed by atoms with Crippen LogP contribution in [-0.2, 0) is 11.8 Å². The Balaban J connectivity index is 0. The van der Waals surface area contributed by atoms with Crippen LogP contribution in [0.4, 0.5) is 0 Å². The summed E-state index contributed by atoms with van der Waals surface area (Å²) >= 11 is -4.78. The van der Waals surface area contributed by atoms with Crippen LogP contribution >= 0.6 is 0 Å². The molecule has 103 valence electrons. The number of nitriles is 5. The molecule has 0 fully saturated rings. The van der Waals surface area contributed by atoms with Crippen molar-refractivity contribution >= 4 is 0 Å². The van der Waals surface area contributed by atoms with Crippen LogP contribution in [0.5, 0.6) is 0 Å². The average Bonchev–Trinajstić information content (AvgIpc) is 2.50. The van der Waals surface area contributed by atoms with E-state index in [4.69, 9.17) is 32.0 Å². The summed E-state index contributed by atoms with van der Waals surface area (Å²) in [4.78, 5) is 8.43. The quantitative estimate of drug-likeness (QED) is 0.737. The van der Waals surface area contributed by atoms with Crippen LogP contribution in [0, 0.1) is 51.1 Å². The zero-order valence-electron chi connectivity index (χ0n) is 10.9. The molecule has 0 heterocycles. The number of nitrogens with zero attached hydrogens (tertiary/aromatic N) is 6. The van der Waals surface area contributed by atoms with Crippen LogP contribution in [0.25, 0.3) is 0 Å². The van der Waals surface area contributed by atoms with E-state index in [0.717, 1.165) is 26.2 Å². The molecule has 7 nitrogen and oxygen atoms in total. The first kappa shape index (κ1) is 19.2. The maximum atomic E-state index is 8.35. The summed E-state index contributed by atoms with van der Waals surface area (Å²) in [7, 11) is 0. The SMILES string of the molecule is CCN(CC)CCN.N#[C][Fe]([C]#N)([C]#N)([C]#N)[C]#N. The topological polar surface area (TPSA) is 148 Å². The van der Waals surface area contributed by atoms with Gasteiger partial charge in [-0.3, -0.25) is 0 Å². The van der Waals surface area contributed by atoms with Gasteiger partial charge in [-0.05, 0) is 13.1 Å². The summed E-state index contributed by atoms with van der Waals surface area (Å²) in [6.45, 7) is 8.36. The summed E-state index contributed by atoms with van der Waals surface area (Å²) < 4.78 is 0. The number of likely N-dealkylation sites (N-methyl/N-ethyl adjacent to an activating group) is 1. The predicted molar refractivity (Wildman–Crippen MR) is 64.9 cm³/mol. The van der Waals surface area contributed by atoms with Crippen LogP contribution in [0.15, 0.2) is 0 Å². The molecule has 8 heteroatoms. The molecule has 2 N–H and O–H groups in total. The molecule has 0 radical (unpaired) electrons. The molecule has 0 spiro atoms. The molecule has 0 aliphatic rings. The fourth-order valence-electron chi connectivity index (χ4n) is 0.899. The molecule has 19 heavy (non-hydrogen) atoms. The second kappa shape index (κ2) is 8.90. The van der Waals surface area contributed by atoms with Crippen molar-refractivity contribution in [1.82, 2.24) is 4.90 Å². The van der Waals surface area contributed by atoms with E-state index < -0.39 is 11.8 Å². The Labute approximate surface area is 114 Å². The standard InChI is InChI=1S/C6H16N2.5CN.Fe/c1-3-8(4-2)6-5-7;5*1-2;/h3-7H2,1-2H3;;;;;;. The maximum absolute atomic E-state index is 8.35. The van der Waals surface area contributed by atoms with Gasteiger partial charge in [0.15, 0.2) is 0 Å². The summed E-state index contributed by atoms with van der Waals surface area (Å²) in [6.07, 6.45) is 0. The van der Waals surface area contributed by atoms with E-state index in [1.807, 2.05) is 0 Å². The van der Waals surface area contributed by atoms with Gasteiger partial charge in [-0.15, -0.1) is 0 Å². The first-order chi connectivity index (χ1) is 8.96. The minimum atomic E-state index is -4.78. The van der Waals surface area contributed by atoms with Crippen molar-refractivity contribution in [3.63, 3.8) is 0 Å². The number of rotatable bonds is 4. The van der Waals surface area contributed by atoms with Crippen molar-refractivity contribution in [2.75, 3.05) is 26.2 Å². The van der Waals surface area contributed by atoms with E-state index in [9.17, 15) is 0 Å². The van der Waals surface area contributed by atoms with E-state index in [-0.39, 0.29) is 0 Å². The van der Waals surface area contributed by atoms with Crippen LogP contribution in [0.3, 0.4) is 0 Å². The number of nitrogens with two attached hydrogens (primary N) is 1. The summed E-state index contributed by atoms with van der Waals surface area (Å²) in [6, 6.07) is 0. The monoisotopic (exact) mass is 302 g/mol. The Morgan fingerprint density at radius 1 is 0.842 bits per heavy atom. The van der Waals surface area contributed by atoms with Gasteiger partial charge in [0.1, 0.15) is 0 Å². The van der Waals surface area contributed by atoms with E-state index >= 15 is 0 Å². The van der Waals surface area contributed by atoms with Gasteiger partial charge in [-0.1, -0.05) is 13.8 Å². The molecule has 0 rings (SSSR count). The van der Waals surface area contributed by atoms with Crippen LogP contribution in [0.1, 0.15) is 13.8 Å². The molecule has 0 saturated carbocycles. The van der Waals surface area contributed by atoms with E-state index in [0.29, 0.717) is 0 Å². The van der Waals surface area contributed by atoms with Gasteiger partial charge in [0, 0.05) is 13.1 Å². The van der Waals surface area contributed by atoms with Gasteiger partial charge in [0.05, 0.1) is 0 Å². The number of hydrogen-bond acceptors (Lipinski definition) is 7. The number of hydrogen-bond donors (Lipinski definition) is 1. The van der Waals surface area contributed by atoms with E-state index in [1.165, 1.54) is 24.8 Å². The van der Waals surface area contributed by atoms with Gasteiger partial charge in [-0.25, -0.2) is 0 Å². The molecule has 0 aliphatic heterocycles. The Bertz CT molecular complexity index is 391. The van der Waals surface area contributed by atoms with Crippen molar-refractivity contribution in [2.45, 2.75) is 13.8 Å². The third-order valence-electron chi connectivity index (χ3n) is 2.13. The van der Waals surface area contributed by atoms with Crippen molar-refractivity contribution in [1.29, 1.82) is 26.3 Å². The molecule has 0 saturated heterocycles. The first-order valence-corrected chi connectivity index (χ1v) is 8.03. The molecule has 0 atom stereocenters. The molecule has 0 unspecified atom stereocenters. The minimum absolute atomic E-state index is 0.779. The Hall–Kier alpha value is -2.11. The van der Waals surface area contributed by atoms with E-state index in [2.05, 4.69) is 18.7 Å². The molecule has 0 aromatic heterocycles. The van der Waals surface area contributed by atoms with Gasteiger partial charge >= 0.3 is 62.9 Å². The first-order valence-electron chi connectivity index (χ1n) is 5.27.